The first-order valence-electron chi connectivity index (χ1n) is 6.92. The Kier molecular flexibility index (Phi) is 5.45. The summed E-state index contributed by atoms with van der Waals surface area (Å²) >= 11 is 0. The molecule has 0 saturated heterocycles. The largest absolute Gasteiger partial charge is 0.484 e. The van der Waals surface area contributed by atoms with Crippen LogP contribution in [0, 0.1) is 10.1 Å². The molecule has 0 aliphatic carbocycles. The number of carbonyl (C=O) groups is 2. The van der Waals surface area contributed by atoms with E-state index >= 15 is 0 Å². The molecule has 2 aromatic carbocycles. The summed E-state index contributed by atoms with van der Waals surface area (Å²) in [6, 6.07) is 12.3. The third-order valence-corrected chi connectivity index (χ3v) is 3.10. The maximum Gasteiger partial charge on any atom is 0.330 e. The average molecular weight is 330 g/mol. The highest BCUT2D eigenvalue weighted by Crippen LogP contribution is 2.17. The molecule has 0 unspecified atom stereocenters. The van der Waals surface area contributed by atoms with Gasteiger partial charge in [0, 0.05) is 12.1 Å². The second-order valence-electron chi connectivity index (χ2n) is 4.79. The highest BCUT2D eigenvalue weighted by atomic mass is 16.6. The Hall–Kier alpha value is -3.42. The number of carbonyl (C=O) groups excluding carboxylic acids is 1. The van der Waals surface area contributed by atoms with Gasteiger partial charge in [-0.3, -0.25) is 14.9 Å². The Labute approximate surface area is 136 Å². The van der Waals surface area contributed by atoms with Gasteiger partial charge in [-0.15, -0.1) is 0 Å². The molecule has 0 aromatic heterocycles. The summed E-state index contributed by atoms with van der Waals surface area (Å²) in [5.74, 6) is -1.54. The molecule has 2 N–H and O–H groups in total. The molecule has 124 valence electrons. The molecule has 2 aromatic rings. The summed E-state index contributed by atoms with van der Waals surface area (Å²) in [7, 11) is 0. The van der Waals surface area contributed by atoms with Crippen molar-refractivity contribution in [2.75, 3.05) is 6.61 Å². The number of hydrogen-bond donors (Lipinski definition) is 2. The molecule has 1 atom stereocenters. The van der Waals surface area contributed by atoms with Crippen molar-refractivity contribution in [3.63, 3.8) is 0 Å². The fourth-order valence-electron chi connectivity index (χ4n) is 1.95. The van der Waals surface area contributed by atoms with Gasteiger partial charge < -0.3 is 15.2 Å². The minimum atomic E-state index is -1.19. The molecular weight excluding hydrogens is 316 g/mol. The van der Waals surface area contributed by atoms with Crippen LogP contribution in [0.1, 0.15) is 11.6 Å². The van der Waals surface area contributed by atoms with Crippen molar-refractivity contribution in [2.24, 2.45) is 0 Å². The van der Waals surface area contributed by atoms with Crippen LogP contribution in [0.2, 0.25) is 0 Å². The van der Waals surface area contributed by atoms with Crippen LogP contribution in [-0.4, -0.2) is 28.5 Å². The van der Waals surface area contributed by atoms with E-state index in [1.54, 1.807) is 30.3 Å². The van der Waals surface area contributed by atoms with Crippen LogP contribution in [0.25, 0.3) is 0 Å². The number of amides is 1. The van der Waals surface area contributed by atoms with Crippen LogP contribution in [0.3, 0.4) is 0 Å². The lowest BCUT2D eigenvalue weighted by Crippen LogP contribution is -2.36. The first kappa shape index (κ1) is 16.9. The van der Waals surface area contributed by atoms with E-state index < -0.39 is 29.4 Å². The fraction of sp³-hybridized carbons (Fsp3) is 0.125. The van der Waals surface area contributed by atoms with Crippen molar-refractivity contribution in [3.05, 3.63) is 70.3 Å². The standard InChI is InChI=1S/C16H14N2O6/c19-14(10-24-13-8-6-12(7-9-13)18(22)23)17-15(16(20)21)11-4-2-1-3-5-11/h1-9,15H,10H2,(H,17,19)(H,20,21)/t15-/m0/s1. The van der Waals surface area contributed by atoms with E-state index in [2.05, 4.69) is 5.32 Å². The van der Waals surface area contributed by atoms with E-state index in [1.807, 2.05) is 0 Å². The number of nitrogens with zero attached hydrogens (tertiary/aromatic N) is 1. The van der Waals surface area contributed by atoms with Crippen molar-refractivity contribution >= 4 is 17.6 Å². The third kappa shape index (κ3) is 4.54. The van der Waals surface area contributed by atoms with E-state index in [1.165, 1.54) is 24.3 Å². The van der Waals surface area contributed by atoms with Gasteiger partial charge in [0.15, 0.2) is 12.6 Å². The molecule has 0 bridgehead atoms. The summed E-state index contributed by atoms with van der Waals surface area (Å²) < 4.78 is 5.19. The van der Waals surface area contributed by atoms with Crippen LogP contribution >= 0.6 is 0 Å². The number of aliphatic carboxylic acids is 1. The minimum absolute atomic E-state index is 0.0955. The second kappa shape index (κ2) is 7.73. The van der Waals surface area contributed by atoms with Gasteiger partial charge in [0.1, 0.15) is 5.75 Å². The smallest absolute Gasteiger partial charge is 0.330 e. The number of ether oxygens (including phenoxy) is 1. The van der Waals surface area contributed by atoms with Crippen molar-refractivity contribution < 1.29 is 24.4 Å². The zero-order chi connectivity index (χ0) is 17.5. The third-order valence-electron chi connectivity index (χ3n) is 3.10. The molecule has 0 aliphatic heterocycles. The van der Waals surface area contributed by atoms with Gasteiger partial charge in [0.05, 0.1) is 4.92 Å². The van der Waals surface area contributed by atoms with Crippen molar-refractivity contribution in [2.45, 2.75) is 6.04 Å². The summed E-state index contributed by atoms with van der Waals surface area (Å²) in [6.45, 7) is -0.408. The number of hydrogen-bond acceptors (Lipinski definition) is 5. The molecule has 2 rings (SSSR count). The SMILES string of the molecule is O=C(COc1ccc([N+](=O)[O-])cc1)N[C@H](C(=O)O)c1ccccc1. The van der Waals surface area contributed by atoms with Gasteiger partial charge in [0.2, 0.25) is 0 Å². The maximum atomic E-state index is 11.9. The quantitative estimate of drug-likeness (QED) is 0.591. The van der Waals surface area contributed by atoms with Gasteiger partial charge >= 0.3 is 5.97 Å². The van der Waals surface area contributed by atoms with E-state index in [9.17, 15) is 24.8 Å². The lowest BCUT2D eigenvalue weighted by atomic mass is 10.1. The first-order chi connectivity index (χ1) is 11.5. The normalized spacial score (nSPS) is 11.3. The molecule has 8 nitrogen and oxygen atoms in total. The highest BCUT2D eigenvalue weighted by Gasteiger charge is 2.21. The number of benzene rings is 2. The van der Waals surface area contributed by atoms with Gasteiger partial charge in [-0.25, -0.2) is 4.79 Å². The van der Waals surface area contributed by atoms with Crippen molar-refractivity contribution in [1.82, 2.24) is 5.32 Å². The first-order valence-corrected chi connectivity index (χ1v) is 6.92. The monoisotopic (exact) mass is 330 g/mol. The van der Waals surface area contributed by atoms with Crippen LogP contribution in [0.5, 0.6) is 5.75 Å². The zero-order valence-electron chi connectivity index (χ0n) is 12.4. The summed E-state index contributed by atoms with van der Waals surface area (Å²) in [5, 5.41) is 22.1. The molecule has 0 heterocycles. The Morgan fingerprint density at radius 1 is 1.12 bits per heavy atom. The topological polar surface area (TPSA) is 119 Å². The molecule has 0 fully saturated rings. The van der Waals surface area contributed by atoms with E-state index in [4.69, 9.17) is 4.74 Å². The number of nitro groups is 1. The number of non-ortho nitro benzene ring substituents is 1. The number of carboxylic acids is 1. The van der Waals surface area contributed by atoms with E-state index in [0.29, 0.717) is 5.56 Å². The summed E-state index contributed by atoms with van der Waals surface area (Å²) in [6.07, 6.45) is 0. The Morgan fingerprint density at radius 2 is 1.75 bits per heavy atom. The van der Waals surface area contributed by atoms with Crippen LogP contribution < -0.4 is 10.1 Å². The molecule has 24 heavy (non-hydrogen) atoms. The number of nitro benzene ring substituents is 1. The van der Waals surface area contributed by atoms with Crippen molar-refractivity contribution in [1.29, 1.82) is 0 Å². The molecule has 0 saturated carbocycles. The highest BCUT2D eigenvalue weighted by molar-refractivity contribution is 5.85. The maximum absolute atomic E-state index is 11.9. The minimum Gasteiger partial charge on any atom is -0.484 e. The van der Waals surface area contributed by atoms with E-state index in [-0.39, 0.29) is 11.4 Å². The second-order valence-corrected chi connectivity index (χ2v) is 4.79. The van der Waals surface area contributed by atoms with E-state index in [0.717, 1.165) is 0 Å². The van der Waals surface area contributed by atoms with Gasteiger partial charge in [-0.1, -0.05) is 30.3 Å². The van der Waals surface area contributed by atoms with Gasteiger partial charge in [-0.2, -0.15) is 0 Å². The van der Waals surface area contributed by atoms with Crippen LogP contribution in [-0.2, 0) is 9.59 Å². The molecule has 0 spiro atoms. The predicted molar refractivity (Wildman–Crippen MR) is 83.6 cm³/mol. The number of rotatable bonds is 7. The summed E-state index contributed by atoms with van der Waals surface area (Å²) in [5.41, 5.74) is 0.343. The average Bonchev–Trinajstić information content (AvgIpc) is 2.58. The van der Waals surface area contributed by atoms with Crippen LogP contribution in [0.15, 0.2) is 54.6 Å². The lowest BCUT2D eigenvalue weighted by molar-refractivity contribution is -0.384. The Balaban J connectivity index is 1.94. The number of carboxylic acid groups (broad SMARTS) is 1. The zero-order valence-corrected chi connectivity index (χ0v) is 12.4. The molecule has 1 amide bonds. The number of nitrogens with one attached hydrogen (secondary N) is 1. The van der Waals surface area contributed by atoms with Gasteiger partial charge in [0.25, 0.3) is 11.6 Å². The van der Waals surface area contributed by atoms with Gasteiger partial charge in [-0.05, 0) is 17.7 Å². The summed E-state index contributed by atoms with van der Waals surface area (Å²) in [4.78, 5) is 33.2. The Bertz CT molecular complexity index is 730. The van der Waals surface area contributed by atoms with Crippen LogP contribution in [0.4, 0.5) is 5.69 Å². The lowest BCUT2D eigenvalue weighted by Gasteiger charge is -2.15. The molecule has 0 aliphatic rings. The fourth-order valence-corrected chi connectivity index (χ4v) is 1.95. The molecule has 0 radical (unpaired) electrons. The van der Waals surface area contributed by atoms with Crippen molar-refractivity contribution in [3.8, 4) is 5.75 Å². The predicted octanol–water partition coefficient (Wildman–Crippen LogP) is 1.92. The Morgan fingerprint density at radius 3 is 2.29 bits per heavy atom. The molecular formula is C16H14N2O6. The molecule has 8 heteroatoms.